The molecule has 148 valence electrons. The number of benzene rings is 2. The Morgan fingerprint density at radius 2 is 1.68 bits per heavy atom. The smallest absolute Gasteiger partial charge is 0.253 e. The minimum Gasteiger partial charge on any atom is -0.378 e. The maximum Gasteiger partial charge on any atom is 0.253 e. The standard InChI is InChI=1S/C21H23Cl2N3O2/c1-25(2)17-6-3-14(4-7-17)21(28)26-11-9-16(10-12-26)24-20(27)18-13-15(22)5-8-19(18)23/h3-8,13,16H,9-12H2,1-2H3,(H,24,27). The van der Waals surface area contributed by atoms with E-state index in [9.17, 15) is 9.59 Å². The zero-order chi connectivity index (χ0) is 20.3. The Labute approximate surface area is 175 Å². The predicted octanol–water partition coefficient (Wildman–Crippen LogP) is 4.09. The van der Waals surface area contributed by atoms with Crippen molar-refractivity contribution in [2.24, 2.45) is 0 Å². The summed E-state index contributed by atoms with van der Waals surface area (Å²) in [4.78, 5) is 29.0. The van der Waals surface area contributed by atoms with Gasteiger partial charge in [0.2, 0.25) is 0 Å². The van der Waals surface area contributed by atoms with E-state index in [1.807, 2.05) is 48.2 Å². The van der Waals surface area contributed by atoms with Crippen LogP contribution in [-0.2, 0) is 0 Å². The predicted molar refractivity (Wildman–Crippen MR) is 114 cm³/mol. The highest BCUT2D eigenvalue weighted by atomic mass is 35.5. The van der Waals surface area contributed by atoms with Crippen LogP contribution in [-0.4, -0.2) is 49.9 Å². The molecule has 2 aromatic carbocycles. The second-order valence-corrected chi connectivity index (χ2v) is 7.95. The van der Waals surface area contributed by atoms with Gasteiger partial charge in [-0.15, -0.1) is 0 Å². The van der Waals surface area contributed by atoms with Gasteiger partial charge in [-0.3, -0.25) is 9.59 Å². The molecule has 5 nitrogen and oxygen atoms in total. The van der Waals surface area contributed by atoms with Gasteiger partial charge in [0.25, 0.3) is 11.8 Å². The molecular formula is C21H23Cl2N3O2. The van der Waals surface area contributed by atoms with Crippen molar-refractivity contribution in [1.82, 2.24) is 10.2 Å². The minimum atomic E-state index is -0.239. The third-order valence-electron chi connectivity index (χ3n) is 4.92. The lowest BCUT2D eigenvalue weighted by Crippen LogP contribution is -2.46. The lowest BCUT2D eigenvalue weighted by molar-refractivity contribution is 0.0698. The summed E-state index contributed by atoms with van der Waals surface area (Å²) in [6.07, 6.45) is 1.40. The second kappa shape index (κ2) is 8.84. The number of anilines is 1. The quantitative estimate of drug-likeness (QED) is 0.811. The molecule has 1 aliphatic heterocycles. The molecule has 0 unspecified atom stereocenters. The fourth-order valence-electron chi connectivity index (χ4n) is 3.25. The summed E-state index contributed by atoms with van der Waals surface area (Å²) in [5, 5.41) is 3.84. The Kier molecular flexibility index (Phi) is 6.47. The van der Waals surface area contributed by atoms with Gasteiger partial charge in [-0.05, 0) is 55.3 Å². The normalized spacial score (nSPS) is 14.6. The van der Waals surface area contributed by atoms with Crippen LogP contribution < -0.4 is 10.2 Å². The Bertz CT molecular complexity index is 860. The number of carbonyl (C=O) groups excluding carboxylic acids is 2. The topological polar surface area (TPSA) is 52.7 Å². The molecule has 1 saturated heterocycles. The molecule has 0 saturated carbocycles. The Balaban J connectivity index is 1.56. The van der Waals surface area contributed by atoms with Crippen LogP contribution in [0.15, 0.2) is 42.5 Å². The first kappa shape index (κ1) is 20.5. The molecule has 0 atom stereocenters. The molecule has 0 spiro atoms. The van der Waals surface area contributed by atoms with E-state index < -0.39 is 0 Å². The molecule has 2 amide bonds. The molecule has 1 fully saturated rings. The number of piperidine rings is 1. The zero-order valence-electron chi connectivity index (χ0n) is 15.9. The van der Waals surface area contributed by atoms with Gasteiger partial charge in [-0.1, -0.05) is 23.2 Å². The molecular weight excluding hydrogens is 397 g/mol. The fourth-order valence-corrected chi connectivity index (χ4v) is 3.62. The van der Waals surface area contributed by atoms with Gasteiger partial charge in [0.05, 0.1) is 10.6 Å². The Hall–Kier alpha value is -2.24. The Morgan fingerprint density at radius 3 is 2.29 bits per heavy atom. The van der Waals surface area contributed by atoms with Gasteiger partial charge in [-0.2, -0.15) is 0 Å². The molecule has 7 heteroatoms. The first-order valence-corrected chi connectivity index (χ1v) is 9.93. The van der Waals surface area contributed by atoms with Crippen molar-refractivity contribution in [2.45, 2.75) is 18.9 Å². The molecule has 3 rings (SSSR count). The number of carbonyl (C=O) groups is 2. The summed E-state index contributed by atoms with van der Waals surface area (Å²) in [6.45, 7) is 1.20. The van der Waals surface area contributed by atoms with Crippen molar-refractivity contribution in [3.63, 3.8) is 0 Å². The van der Waals surface area contributed by atoms with Crippen molar-refractivity contribution >= 4 is 40.7 Å². The van der Waals surface area contributed by atoms with Crippen LogP contribution in [0.3, 0.4) is 0 Å². The van der Waals surface area contributed by atoms with E-state index in [-0.39, 0.29) is 17.9 Å². The number of hydrogen-bond acceptors (Lipinski definition) is 3. The number of likely N-dealkylation sites (tertiary alicyclic amines) is 1. The van der Waals surface area contributed by atoms with Crippen LogP contribution in [0, 0.1) is 0 Å². The van der Waals surface area contributed by atoms with Crippen LogP contribution in [0.1, 0.15) is 33.6 Å². The fraction of sp³-hybridized carbons (Fsp3) is 0.333. The molecule has 0 bridgehead atoms. The molecule has 0 aromatic heterocycles. The van der Waals surface area contributed by atoms with Crippen molar-refractivity contribution < 1.29 is 9.59 Å². The summed E-state index contributed by atoms with van der Waals surface area (Å²) < 4.78 is 0. The number of nitrogens with one attached hydrogen (secondary N) is 1. The van der Waals surface area contributed by atoms with Gasteiger partial charge in [0.15, 0.2) is 0 Å². The number of hydrogen-bond donors (Lipinski definition) is 1. The monoisotopic (exact) mass is 419 g/mol. The number of nitrogens with zero attached hydrogens (tertiary/aromatic N) is 2. The van der Waals surface area contributed by atoms with E-state index in [0.717, 1.165) is 5.69 Å². The maximum absolute atomic E-state index is 12.7. The van der Waals surface area contributed by atoms with Crippen LogP contribution in [0.25, 0.3) is 0 Å². The summed E-state index contributed by atoms with van der Waals surface area (Å²) in [7, 11) is 3.93. The highest BCUT2D eigenvalue weighted by Crippen LogP contribution is 2.22. The van der Waals surface area contributed by atoms with Crippen LogP contribution in [0.2, 0.25) is 10.0 Å². The second-order valence-electron chi connectivity index (χ2n) is 7.11. The number of halogens is 2. The van der Waals surface area contributed by atoms with Crippen LogP contribution >= 0.6 is 23.2 Å². The molecule has 2 aromatic rings. The molecule has 1 heterocycles. The lowest BCUT2D eigenvalue weighted by atomic mass is 10.0. The number of amides is 2. The van der Waals surface area contributed by atoms with Crippen molar-refractivity contribution in [3.8, 4) is 0 Å². The average molecular weight is 420 g/mol. The van der Waals surface area contributed by atoms with E-state index in [0.29, 0.717) is 47.1 Å². The summed E-state index contributed by atoms with van der Waals surface area (Å²) in [5.41, 5.74) is 2.10. The molecule has 0 aliphatic carbocycles. The highest BCUT2D eigenvalue weighted by molar-refractivity contribution is 6.35. The largest absolute Gasteiger partial charge is 0.378 e. The summed E-state index contributed by atoms with van der Waals surface area (Å²) in [5.74, 6) is -0.218. The minimum absolute atomic E-state index is 0.00251. The van der Waals surface area contributed by atoms with E-state index in [2.05, 4.69) is 5.32 Å². The molecule has 1 aliphatic rings. The van der Waals surface area contributed by atoms with Gasteiger partial charge in [0.1, 0.15) is 0 Å². The highest BCUT2D eigenvalue weighted by Gasteiger charge is 2.25. The van der Waals surface area contributed by atoms with Gasteiger partial charge in [0, 0.05) is 49.5 Å². The molecule has 0 radical (unpaired) electrons. The van der Waals surface area contributed by atoms with E-state index >= 15 is 0 Å². The first-order valence-electron chi connectivity index (χ1n) is 9.17. The maximum atomic E-state index is 12.7. The number of rotatable bonds is 4. The average Bonchev–Trinajstić information content (AvgIpc) is 2.70. The van der Waals surface area contributed by atoms with Crippen LogP contribution in [0.5, 0.6) is 0 Å². The SMILES string of the molecule is CN(C)c1ccc(C(=O)N2CCC(NC(=O)c3cc(Cl)ccc3Cl)CC2)cc1. The van der Waals surface area contributed by atoms with E-state index in [4.69, 9.17) is 23.2 Å². The third-order valence-corrected chi connectivity index (χ3v) is 5.49. The van der Waals surface area contributed by atoms with Gasteiger partial charge >= 0.3 is 0 Å². The van der Waals surface area contributed by atoms with Crippen molar-refractivity contribution in [3.05, 3.63) is 63.6 Å². The van der Waals surface area contributed by atoms with Gasteiger partial charge < -0.3 is 15.1 Å². The van der Waals surface area contributed by atoms with E-state index in [1.54, 1.807) is 18.2 Å². The van der Waals surface area contributed by atoms with E-state index in [1.165, 1.54) is 0 Å². The van der Waals surface area contributed by atoms with Crippen molar-refractivity contribution in [1.29, 1.82) is 0 Å². The van der Waals surface area contributed by atoms with Crippen molar-refractivity contribution in [2.75, 3.05) is 32.1 Å². The third kappa shape index (κ3) is 4.78. The lowest BCUT2D eigenvalue weighted by Gasteiger charge is -2.32. The zero-order valence-corrected chi connectivity index (χ0v) is 17.4. The van der Waals surface area contributed by atoms with Crippen LogP contribution in [0.4, 0.5) is 5.69 Å². The Morgan fingerprint density at radius 1 is 1.04 bits per heavy atom. The van der Waals surface area contributed by atoms with Gasteiger partial charge in [-0.25, -0.2) is 0 Å². The summed E-state index contributed by atoms with van der Waals surface area (Å²) >= 11 is 12.1. The molecule has 28 heavy (non-hydrogen) atoms. The molecule has 1 N–H and O–H groups in total. The first-order chi connectivity index (χ1) is 13.3. The summed E-state index contributed by atoms with van der Waals surface area (Å²) in [6, 6.07) is 12.4.